The highest BCUT2D eigenvalue weighted by Gasteiger charge is 2.21. The molecule has 0 spiro atoms. The fourth-order valence-electron chi connectivity index (χ4n) is 1.98. The molecule has 0 atom stereocenters. The molecule has 0 aromatic carbocycles. The number of carbonyl (C=O) groups is 2. The lowest BCUT2D eigenvalue weighted by Gasteiger charge is -2.02. The van der Waals surface area contributed by atoms with Gasteiger partial charge in [-0.25, -0.2) is 9.97 Å². The van der Waals surface area contributed by atoms with Crippen LogP contribution >= 0.6 is 0 Å². The second-order valence-corrected chi connectivity index (χ2v) is 4.68. The summed E-state index contributed by atoms with van der Waals surface area (Å²) in [6, 6.07) is 1.74. The van der Waals surface area contributed by atoms with Crippen molar-refractivity contribution in [2.24, 2.45) is 7.05 Å². The van der Waals surface area contributed by atoms with Crippen molar-refractivity contribution in [1.82, 2.24) is 19.7 Å². The molecule has 2 aromatic rings. The number of rotatable bonds is 5. The summed E-state index contributed by atoms with van der Waals surface area (Å²) < 4.78 is 1.64. The van der Waals surface area contributed by atoms with Crippen LogP contribution in [-0.4, -0.2) is 31.3 Å². The predicted molar refractivity (Wildman–Crippen MR) is 72.4 cm³/mol. The van der Waals surface area contributed by atoms with Gasteiger partial charge < -0.3 is 0 Å². The fourth-order valence-corrected chi connectivity index (χ4v) is 1.98. The van der Waals surface area contributed by atoms with Crippen LogP contribution in [0.15, 0.2) is 18.5 Å². The van der Waals surface area contributed by atoms with Gasteiger partial charge in [-0.1, -0.05) is 0 Å². The summed E-state index contributed by atoms with van der Waals surface area (Å²) in [6.45, 7) is 3.28. The van der Waals surface area contributed by atoms with Gasteiger partial charge in [0.15, 0.2) is 5.78 Å². The average molecular weight is 272 g/mol. The number of nitrogens with zero attached hydrogens (tertiary/aromatic N) is 4. The largest absolute Gasteiger partial charge is 0.300 e. The van der Waals surface area contributed by atoms with Crippen molar-refractivity contribution >= 4 is 11.6 Å². The topological polar surface area (TPSA) is 77.7 Å². The molecular weight excluding hydrogens is 256 g/mol. The first kappa shape index (κ1) is 14.0. The third kappa shape index (κ3) is 2.96. The van der Waals surface area contributed by atoms with Gasteiger partial charge >= 0.3 is 0 Å². The van der Waals surface area contributed by atoms with Crippen molar-refractivity contribution in [1.29, 1.82) is 0 Å². The molecule has 6 nitrogen and oxygen atoms in total. The van der Waals surface area contributed by atoms with Gasteiger partial charge in [0.1, 0.15) is 17.3 Å². The van der Waals surface area contributed by atoms with Crippen LogP contribution in [0.2, 0.25) is 0 Å². The van der Waals surface area contributed by atoms with Gasteiger partial charge in [0.2, 0.25) is 0 Å². The SMILES string of the molecule is CC(=O)CC(=O)c1nn(C)c(C)c1Cc1ncccn1. The second-order valence-electron chi connectivity index (χ2n) is 4.68. The van der Waals surface area contributed by atoms with Crippen LogP contribution in [0.5, 0.6) is 0 Å². The Morgan fingerprint density at radius 2 is 1.90 bits per heavy atom. The molecule has 6 heteroatoms. The van der Waals surface area contributed by atoms with Crippen LogP contribution in [0.4, 0.5) is 0 Å². The Labute approximate surface area is 116 Å². The van der Waals surface area contributed by atoms with Gasteiger partial charge in [0.05, 0.1) is 6.42 Å². The zero-order chi connectivity index (χ0) is 14.7. The first-order chi connectivity index (χ1) is 9.49. The summed E-state index contributed by atoms with van der Waals surface area (Å²) >= 11 is 0. The zero-order valence-corrected chi connectivity index (χ0v) is 11.8. The van der Waals surface area contributed by atoms with Crippen LogP contribution < -0.4 is 0 Å². The van der Waals surface area contributed by atoms with E-state index in [1.807, 2.05) is 6.92 Å². The Morgan fingerprint density at radius 1 is 1.25 bits per heavy atom. The lowest BCUT2D eigenvalue weighted by atomic mass is 10.0. The lowest BCUT2D eigenvalue weighted by Crippen LogP contribution is -2.09. The normalized spacial score (nSPS) is 10.6. The summed E-state index contributed by atoms with van der Waals surface area (Å²) in [5, 5.41) is 4.22. The molecule has 0 fully saturated rings. The molecule has 20 heavy (non-hydrogen) atoms. The maximum absolute atomic E-state index is 12.1. The molecule has 2 heterocycles. The Hall–Kier alpha value is -2.37. The van der Waals surface area contributed by atoms with Crippen molar-refractivity contribution in [2.45, 2.75) is 26.7 Å². The van der Waals surface area contributed by atoms with E-state index in [4.69, 9.17) is 0 Å². The Bertz CT molecular complexity index is 647. The van der Waals surface area contributed by atoms with Gasteiger partial charge in [0, 0.05) is 37.1 Å². The third-order valence-corrected chi connectivity index (χ3v) is 3.09. The van der Waals surface area contributed by atoms with E-state index in [9.17, 15) is 9.59 Å². The second kappa shape index (κ2) is 5.73. The minimum absolute atomic E-state index is 0.126. The molecule has 104 valence electrons. The van der Waals surface area contributed by atoms with Gasteiger partial charge in [-0.2, -0.15) is 5.10 Å². The molecule has 2 rings (SSSR count). The molecule has 0 saturated heterocycles. The van der Waals surface area contributed by atoms with E-state index in [1.165, 1.54) is 6.92 Å². The van der Waals surface area contributed by atoms with Crippen molar-refractivity contribution in [3.63, 3.8) is 0 Å². The van der Waals surface area contributed by atoms with E-state index in [-0.39, 0.29) is 18.0 Å². The summed E-state index contributed by atoms with van der Waals surface area (Å²) in [7, 11) is 1.77. The molecule has 0 N–H and O–H groups in total. The number of hydrogen-bond donors (Lipinski definition) is 0. The van der Waals surface area contributed by atoms with E-state index in [2.05, 4.69) is 15.1 Å². The Morgan fingerprint density at radius 3 is 2.50 bits per heavy atom. The quantitative estimate of drug-likeness (QED) is 0.605. The van der Waals surface area contributed by atoms with Crippen molar-refractivity contribution in [2.75, 3.05) is 0 Å². The molecule has 2 aromatic heterocycles. The fraction of sp³-hybridized carbons (Fsp3) is 0.357. The Balaban J connectivity index is 2.36. The average Bonchev–Trinajstić information content (AvgIpc) is 2.68. The highest BCUT2D eigenvalue weighted by molar-refractivity contribution is 6.07. The number of hydrogen-bond acceptors (Lipinski definition) is 5. The number of aromatic nitrogens is 4. The summed E-state index contributed by atoms with van der Waals surface area (Å²) in [6.07, 6.45) is 3.62. The smallest absolute Gasteiger partial charge is 0.190 e. The third-order valence-electron chi connectivity index (χ3n) is 3.09. The highest BCUT2D eigenvalue weighted by Crippen LogP contribution is 2.17. The van der Waals surface area contributed by atoms with E-state index in [1.54, 1.807) is 30.2 Å². The molecule has 0 amide bonds. The monoisotopic (exact) mass is 272 g/mol. The molecule has 0 saturated carbocycles. The summed E-state index contributed by atoms with van der Waals surface area (Å²) in [5.41, 5.74) is 2.00. The first-order valence-electron chi connectivity index (χ1n) is 6.30. The molecule has 0 aliphatic heterocycles. The lowest BCUT2D eigenvalue weighted by molar-refractivity contribution is -0.116. The standard InChI is InChI=1S/C14H16N4O2/c1-9(19)7-12(20)14-11(10(2)18(3)17-14)8-13-15-5-4-6-16-13/h4-6H,7-8H2,1-3H3. The molecule has 0 radical (unpaired) electrons. The molecular formula is C14H16N4O2. The van der Waals surface area contributed by atoms with Gasteiger partial charge in [-0.05, 0) is 19.9 Å². The predicted octanol–water partition coefficient (Wildman–Crippen LogP) is 1.27. The first-order valence-corrected chi connectivity index (χ1v) is 6.30. The van der Waals surface area contributed by atoms with E-state index in [0.29, 0.717) is 17.9 Å². The number of Topliss-reactive ketones (excluding diaryl/α,β-unsaturated/α-hetero) is 2. The molecule has 0 bridgehead atoms. The highest BCUT2D eigenvalue weighted by atomic mass is 16.1. The molecule has 0 aliphatic rings. The van der Waals surface area contributed by atoms with Crippen LogP contribution in [0.3, 0.4) is 0 Å². The minimum Gasteiger partial charge on any atom is -0.300 e. The van der Waals surface area contributed by atoms with Gasteiger partial charge in [-0.15, -0.1) is 0 Å². The van der Waals surface area contributed by atoms with Crippen LogP contribution in [0, 0.1) is 6.92 Å². The zero-order valence-electron chi connectivity index (χ0n) is 11.8. The van der Waals surface area contributed by atoms with Crippen molar-refractivity contribution < 1.29 is 9.59 Å². The van der Waals surface area contributed by atoms with E-state index in [0.717, 1.165) is 11.3 Å². The van der Waals surface area contributed by atoms with Crippen LogP contribution in [-0.2, 0) is 18.3 Å². The number of ketones is 2. The Kier molecular flexibility index (Phi) is 4.02. The minimum atomic E-state index is -0.257. The van der Waals surface area contributed by atoms with E-state index < -0.39 is 0 Å². The number of carbonyl (C=O) groups excluding carboxylic acids is 2. The van der Waals surface area contributed by atoms with Crippen molar-refractivity contribution in [3.8, 4) is 0 Å². The maximum atomic E-state index is 12.1. The molecule has 0 aliphatic carbocycles. The maximum Gasteiger partial charge on any atom is 0.190 e. The summed E-state index contributed by atoms with van der Waals surface area (Å²) in [4.78, 5) is 31.5. The molecule has 0 unspecified atom stereocenters. The van der Waals surface area contributed by atoms with Gasteiger partial charge in [0.25, 0.3) is 0 Å². The van der Waals surface area contributed by atoms with Crippen LogP contribution in [0.1, 0.15) is 40.9 Å². The van der Waals surface area contributed by atoms with Crippen molar-refractivity contribution in [3.05, 3.63) is 41.2 Å². The summed E-state index contributed by atoms with van der Waals surface area (Å²) in [5.74, 6) is 0.202. The van der Waals surface area contributed by atoms with Crippen LogP contribution in [0.25, 0.3) is 0 Å². The number of aryl methyl sites for hydroxylation is 1. The van der Waals surface area contributed by atoms with Gasteiger partial charge in [-0.3, -0.25) is 14.3 Å². The van der Waals surface area contributed by atoms with E-state index >= 15 is 0 Å².